The molecule has 0 unspecified atom stereocenters. The average molecular weight is 382 g/mol. The van der Waals surface area contributed by atoms with Crippen molar-refractivity contribution in [3.8, 4) is 0 Å². The Balaban J connectivity index is 0.00000324. The van der Waals surface area contributed by atoms with Gasteiger partial charge < -0.3 is 15.5 Å². The number of likely N-dealkylation sites (tertiary alicyclic amines) is 1. The zero-order chi connectivity index (χ0) is 13.2. The van der Waals surface area contributed by atoms with Crippen molar-refractivity contribution < 1.29 is 0 Å². The molecule has 1 rings (SSSR count). The summed E-state index contributed by atoms with van der Waals surface area (Å²) >= 11 is 0. The Morgan fingerprint density at radius 3 is 2.37 bits per heavy atom. The topological polar surface area (TPSA) is 39.7 Å². The standard InChI is InChI=1S/C14H30N4.HI/c1-13(2)7-9-17-14(15-3)16-8-6-12-18-10-4-5-11-18;/h13H,4-12H2,1-3H3,(H2,15,16,17);1H. The molecule has 1 fully saturated rings. The fourth-order valence-electron chi connectivity index (χ4n) is 2.22. The first-order chi connectivity index (χ1) is 8.72. The van der Waals surface area contributed by atoms with E-state index in [0.29, 0.717) is 0 Å². The number of nitrogens with zero attached hydrogens (tertiary/aromatic N) is 2. The van der Waals surface area contributed by atoms with Gasteiger partial charge in [-0.2, -0.15) is 0 Å². The maximum absolute atomic E-state index is 4.24. The van der Waals surface area contributed by atoms with Gasteiger partial charge in [0.15, 0.2) is 5.96 Å². The first kappa shape index (κ1) is 19.0. The van der Waals surface area contributed by atoms with Crippen molar-refractivity contribution in [1.29, 1.82) is 0 Å². The Hall–Kier alpha value is -0.0400. The minimum atomic E-state index is 0. The SMILES string of the molecule is CN=C(NCCCN1CCCC1)NCCC(C)C.I. The number of hydrogen-bond donors (Lipinski definition) is 2. The van der Waals surface area contributed by atoms with Gasteiger partial charge in [-0.1, -0.05) is 13.8 Å². The van der Waals surface area contributed by atoms with Crippen LogP contribution in [0.25, 0.3) is 0 Å². The van der Waals surface area contributed by atoms with Gasteiger partial charge in [-0.3, -0.25) is 4.99 Å². The van der Waals surface area contributed by atoms with Gasteiger partial charge in [0.25, 0.3) is 0 Å². The highest BCUT2D eigenvalue weighted by atomic mass is 127. The van der Waals surface area contributed by atoms with Crippen molar-refractivity contribution in [3.05, 3.63) is 0 Å². The molecular weight excluding hydrogens is 351 g/mol. The van der Waals surface area contributed by atoms with Crippen molar-refractivity contribution in [1.82, 2.24) is 15.5 Å². The van der Waals surface area contributed by atoms with E-state index in [1.807, 2.05) is 7.05 Å². The molecular formula is C14H31IN4. The van der Waals surface area contributed by atoms with E-state index in [9.17, 15) is 0 Å². The minimum absolute atomic E-state index is 0. The maximum Gasteiger partial charge on any atom is 0.190 e. The van der Waals surface area contributed by atoms with E-state index in [1.54, 1.807) is 0 Å². The lowest BCUT2D eigenvalue weighted by Crippen LogP contribution is -2.39. The molecule has 5 heteroatoms. The van der Waals surface area contributed by atoms with Crippen LogP contribution in [0.2, 0.25) is 0 Å². The van der Waals surface area contributed by atoms with E-state index in [0.717, 1.165) is 25.0 Å². The van der Waals surface area contributed by atoms with Gasteiger partial charge in [-0.05, 0) is 51.2 Å². The van der Waals surface area contributed by atoms with Crippen LogP contribution in [0.4, 0.5) is 0 Å². The monoisotopic (exact) mass is 382 g/mol. The number of guanidine groups is 1. The molecule has 0 bridgehead atoms. The van der Waals surface area contributed by atoms with Crippen LogP contribution < -0.4 is 10.6 Å². The third-order valence-electron chi connectivity index (χ3n) is 3.38. The summed E-state index contributed by atoms with van der Waals surface area (Å²) in [7, 11) is 1.84. The van der Waals surface area contributed by atoms with Gasteiger partial charge in [0.05, 0.1) is 0 Å². The van der Waals surface area contributed by atoms with E-state index < -0.39 is 0 Å². The molecule has 1 aliphatic rings. The van der Waals surface area contributed by atoms with E-state index >= 15 is 0 Å². The molecule has 114 valence electrons. The van der Waals surface area contributed by atoms with Gasteiger partial charge >= 0.3 is 0 Å². The molecule has 1 saturated heterocycles. The van der Waals surface area contributed by atoms with Gasteiger partial charge in [0, 0.05) is 20.1 Å². The van der Waals surface area contributed by atoms with Gasteiger partial charge in [0.1, 0.15) is 0 Å². The fraction of sp³-hybridized carbons (Fsp3) is 0.929. The molecule has 0 aliphatic carbocycles. The van der Waals surface area contributed by atoms with E-state index in [2.05, 4.69) is 34.4 Å². The summed E-state index contributed by atoms with van der Waals surface area (Å²) in [6.07, 6.45) is 5.15. The molecule has 0 aromatic heterocycles. The Labute approximate surface area is 135 Å². The maximum atomic E-state index is 4.24. The number of aliphatic imine (C=N–C) groups is 1. The Morgan fingerprint density at radius 2 is 1.79 bits per heavy atom. The van der Waals surface area contributed by atoms with Crippen LogP contribution in [0.3, 0.4) is 0 Å². The van der Waals surface area contributed by atoms with Crippen LogP contribution in [-0.2, 0) is 0 Å². The quantitative estimate of drug-likeness (QED) is 0.307. The van der Waals surface area contributed by atoms with Crippen molar-refractivity contribution in [3.63, 3.8) is 0 Å². The second-order valence-corrected chi connectivity index (χ2v) is 5.51. The second kappa shape index (κ2) is 11.8. The summed E-state index contributed by atoms with van der Waals surface area (Å²) in [6, 6.07) is 0. The van der Waals surface area contributed by atoms with E-state index in [-0.39, 0.29) is 24.0 Å². The number of rotatable bonds is 7. The molecule has 1 heterocycles. The van der Waals surface area contributed by atoms with Crippen LogP contribution >= 0.6 is 24.0 Å². The predicted octanol–water partition coefficient (Wildman–Crippen LogP) is 2.30. The van der Waals surface area contributed by atoms with E-state index in [1.165, 1.54) is 45.3 Å². The van der Waals surface area contributed by atoms with Crippen molar-refractivity contribution in [2.75, 3.05) is 39.8 Å². The summed E-state index contributed by atoms with van der Waals surface area (Å²) in [4.78, 5) is 6.79. The first-order valence-electron chi connectivity index (χ1n) is 7.39. The van der Waals surface area contributed by atoms with Gasteiger partial charge in [0.2, 0.25) is 0 Å². The van der Waals surface area contributed by atoms with Crippen molar-refractivity contribution in [2.45, 2.75) is 39.5 Å². The molecule has 0 aromatic rings. The summed E-state index contributed by atoms with van der Waals surface area (Å²) in [5.74, 6) is 1.68. The number of nitrogens with one attached hydrogen (secondary N) is 2. The Kier molecular flexibility index (Phi) is 11.7. The van der Waals surface area contributed by atoms with Crippen molar-refractivity contribution >= 4 is 29.9 Å². The molecule has 0 spiro atoms. The second-order valence-electron chi connectivity index (χ2n) is 5.51. The lowest BCUT2D eigenvalue weighted by atomic mass is 10.1. The smallest absolute Gasteiger partial charge is 0.190 e. The lowest BCUT2D eigenvalue weighted by molar-refractivity contribution is 0.334. The van der Waals surface area contributed by atoms with Crippen LogP contribution in [0.15, 0.2) is 4.99 Å². The minimum Gasteiger partial charge on any atom is -0.356 e. The lowest BCUT2D eigenvalue weighted by Gasteiger charge is -2.16. The van der Waals surface area contributed by atoms with Crippen LogP contribution in [0, 0.1) is 5.92 Å². The summed E-state index contributed by atoms with van der Waals surface area (Å²) in [6.45, 7) is 10.3. The van der Waals surface area contributed by atoms with Gasteiger partial charge in [-0.25, -0.2) is 0 Å². The molecule has 2 N–H and O–H groups in total. The van der Waals surface area contributed by atoms with Gasteiger partial charge in [-0.15, -0.1) is 24.0 Å². The molecule has 0 amide bonds. The summed E-state index contributed by atoms with van der Waals surface area (Å²) < 4.78 is 0. The summed E-state index contributed by atoms with van der Waals surface area (Å²) in [5.41, 5.74) is 0. The first-order valence-corrected chi connectivity index (χ1v) is 7.39. The number of halogens is 1. The Bertz CT molecular complexity index is 238. The third kappa shape index (κ3) is 9.49. The normalized spacial score (nSPS) is 16.5. The highest BCUT2D eigenvalue weighted by molar-refractivity contribution is 14.0. The molecule has 0 radical (unpaired) electrons. The molecule has 0 aromatic carbocycles. The fourth-order valence-corrected chi connectivity index (χ4v) is 2.22. The molecule has 4 nitrogen and oxygen atoms in total. The van der Waals surface area contributed by atoms with Crippen LogP contribution in [0.5, 0.6) is 0 Å². The molecule has 0 atom stereocenters. The highest BCUT2D eigenvalue weighted by Gasteiger charge is 2.10. The van der Waals surface area contributed by atoms with Crippen LogP contribution in [-0.4, -0.2) is 50.6 Å². The molecule has 1 aliphatic heterocycles. The van der Waals surface area contributed by atoms with Crippen molar-refractivity contribution in [2.24, 2.45) is 10.9 Å². The Morgan fingerprint density at radius 1 is 1.16 bits per heavy atom. The van der Waals surface area contributed by atoms with E-state index in [4.69, 9.17) is 0 Å². The number of hydrogen-bond acceptors (Lipinski definition) is 2. The molecule has 0 saturated carbocycles. The largest absolute Gasteiger partial charge is 0.356 e. The zero-order valence-corrected chi connectivity index (χ0v) is 15.1. The summed E-state index contributed by atoms with van der Waals surface area (Å²) in [5, 5.41) is 6.73. The highest BCUT2D eigenvalue weighted by Crippen LogP contribution is 2.06. The predicted molar refractivity (Wildman–Crippen MR) is 94.5 cm³/mol. The third-order valence-corrected chi connectivity index (χ3v) is 3.38. The van der Waals surface area contributed by atoms with Crippen LogP contribution in [0.1, 0.15) is 39.5 Å². The molecule has 19 heavy (non-hydrogen) atoms. The zero-order valence-electron chi connectivity index (χ0n) is 12.7. The average Bonchev–Trinajstić information content (AvgIpc) is 2.84.